The minimum atomic E-state index is -0.317. The van der Waals surface area contributed by atoms with Crippen molar-refractivity contribution in [3.05, 3.63) is 18.2 Å². The molecule has 0 spiro atoms. The van der Waals surface area contributed by atoms with E-state index in [4.69, 9.17) is 5.73 Å². The van der Waals surface area contributed by atoms with Gasteiger partial charge in [-0.2, -0.15) is 0 Å². The molecule has 7 nitrogen and oxygen atoms in total. The van der Waals surface area contributed by atoms with Crippen LogP contribution in [0.3, 0.4) is 0 Å². The van der Waals surface area contributed by atoms with Gasteiger partial charge in [-0.25, -0.2) is 4.98 Å². The molecule has 7 heteroatoms. The summed E-state index contributed by atoms with van der Waals surface area (Å²) in [4.78, 5) is 32.8. The first-order valence-corrected chi connectivity index (χ1v) is 10.4. The van der Waals surface area contributed by atoms with Gasteiger partial charge in [0.15, 0.2) is 0 Å². The minimum Gasteiger partial charge on any atom is -0.369 e. The van der Waals surface area contributed by atoms with Crippen LogP contribution in [0.2, 0.25) is 0 Å². The van der Waals surface area contributed by atoms with Gasteiger partial charge in [-0.15, -0.1) is 0 Å². The Hall–Kier alpha value is -1.89. The summed E-state index contributed by atoms with van der Waals surface area (Å²) in [5, 5.41) is 0. The summed E-state index contributed by atoms with van der Waals surface area (Å²) >= 11 is 0. The molecule has 0 bridgehead atoms. The van der Waals surface area contributed by atoms with E-state index in [-0.39, 0.29) is 24.3 Å². The molecule has 2 aliphatic rings. The molecule has 0 unspecified atom stereocenters. The smallest absolute Gasteiger partial charge is 0.231 e. The molecule has 2 saturated heterocycles. The highest BCUT2D eigenvalue weighted by atomic mass is 16.2. The molecular formula is C20H33N5O2. The maximum absolute atomic E-state index is 12.9. The van der Waals surface area contributed by atoms with Crippen molar-refractivity contribution in [2.75, 3.05) is 32.7 Å². The number of primary amides is 1. The fraction of sp³-hybridized carbons (Fsp3) is 0.750. The van der Waals surface area contributed by atoms with Gasteiger partial charge < -0.3 is 15.2 Å². The van der Waals surface area contributed by atoms with Crippen molar-refractivity contribution in [2.45, 2.75) is 57.9 Å². The van der Waals surface area contributed by atoms with E-state index < -0.39 is 0 Å². The van der Waals surface area contributed by atoms with E-state index in [0.717, 1.165) is 51.9 Å². The Morgan fingerprint density at radius 1 is 1.22 bits per heavy atom. The second-order valence-corrected chi connectivity index (χ2v) is 7.97. The number of rotatable bonds is 7. The summed E-state index contributed by atoms with van der Waals surface area (Å²) in [6.07, 6.45) is 10.2. The van der Waals surface area contributed by atoms with E-state index in [9.17, 15) is 9.59 Å². The number of amides is 2. The number of aromatic nitrogens is 2. The second kappa shape index (κ2) is 9.35. The van der Waals surface area contributed by atoms with Crippen LogP contribution >= 0.6 is 0 Å². The molecule has 0 saturated carbocycles. The van der Waals surface area contributed by atoms with E-state index in [0.29, 0.717) is 12.5 Å². The fourth-order valence-electron chi connectivity index (χ4n) is 4.44. The highest BCUT2D eigenvalue weighted by molar-refractivity contribution is 5.80. The molecule has 1 aromatic rings. The van der Waals surface area contributed by atoms with Gasteiger partial charge in [0, 0.05) is 44.5 Å². The lowest BCUT2D eigenvalue weighted by atomic mass is 9.92. The molecule has 1 atom stereocenters. The first-order valence-electron chi connectivity index (χ1n) is 10.4. The van der Waals surface area contributed by atoms with Crippen LogP contribution in [0, 0.1) is 5.92 Å². The van der Waals surface area contributed by atoms with Crippen molar-refractivity contribution in [2.24, 2.45) is 11.7 Å². The molecule has 150 valence electrons. The predicted molar refractivity (Wildman–Crippen MR) is 104 cm³/mol. The largest absolute Gasteiger partial charge is 0.369 e. The number of nitrogens with zero attached hydrogens (tertiary/aromatic N) is 4. The number of aryl methyl sites for hydroxylation is 1. The summed E-state index contributed by atoms with van der Waals surface area (Å²) in [6.45, 7) is 6.61. The van der Waals surface area contributed by atoms with E-state index in [1.807, 2.05) is 16.0 Å². The van der Waals surface area contributed by atoms with Crippen LogP contribution in [0.1, 0.15) is 57.2 Å². The standard InChI is InChI=1S/C20H33N5O2/c1-2-3-10-24-13-8-22-19(24)16-6-11-25(12-7-16)20(27)17-5-4-9-23(14-17)15-18(21)26/h8,13,16-17H,2-7,9-12,14-15H2,1H3,(H2,21,26)/t17-/m1/s1. The van der Waals surface area contributed by atoms with Crippen LogP contribution in [0.25, 0.3) is 0 Å². The zero-order valence-electron chi connectivity index (χ0n) is 16.5. The molecule has 27 heavy (non-hydrogen) atoms. The summed E-state index contributed by atoms with van der Waals surface area (Å²) < 4.78 is 2.29. The van der Waals surface area contributed by atoms with Crippen LogP contribution in [0.15, 0.2) is 12.4 Å². The zero-order chi connectivity index (χ0) is 19.2. The molecule has 2 aliphatic heterocycles. The number of likely N-dealkylation sites (tertiary alicyclic amines) is 2. The average molecular weight is 376 g/mol. The van der Waals surface area contributed by atoms with Crippen molar-refractivity contribution in [3.8, 4) is 0 Å². The van der Waals surface area contributed by atoms with E-state index in [2.05, 4.69) is 22.7 Å². The fourth-order valence-corrected chi connectivity index (χ4v) is 4.44. The Balaban J connectivity index is 1.52. The molecule has 3 rings (SSSR count). The molecule has 2 fully saturated rings. The third-order valence-electron chi connectivity index (χ3n) is 5.91. The second-order valence-electron chi connectivity index (χ2n) is 7.97. The number of carbonyl (C=O) groups excluding carboxylic acids is 2. The lowest BCUT2D eigenvalue weighted by molar-refractivity contribution is -0.139. The third-order valence-corrected chi connectivity index (χ3v) is 5.91. The Labute approximate surface area is 161 Å². The number of hydrogen-bond acceptors (Lipinski definition) is 4. The SMILES string of the molecule is CCCCn1ccnc1C1CCN(C(=O)[C@@H]2CCCN(CC(N)=O)C2)CC1. The highest BCUT2D eigenvalue weighted by Gasteiger charge is 2.32. The van der Waals surface area contributed by atoms with Crippen LogP contribution < -0.4 is 5.73 Å². The molecular weight excluding hydrogens is 342 g/mol. The van der Waals surface area contributed by atoms with Crippen molar-refractivity contribution in [1.29, 1.82) is 0 Å². The van der Waals surface area contributed by atoms with Crippen molar-refractivity contribution in [1.82, 2.24) is 19.4 Å². The van der Waals surface area contributed by atoms with Gasteiger partial charge in [0.25, 0.3) is 0 Å². The van der Waals surface area contributed by atoms with Crippen molar-refractivity contribution >= 4 is 11.8 Å². The van der Waals surface area contributed by atoms with E-state index >= 15 is 0 Å². The molecule has 1 aromatic heterocycles. The Morgan fingerprint density at radius 2 is 2.00 bits per heavy atom. The Morgan fingerprint density at radius 3 is 2.70 bits per heavy atom. The Bertz CT molecular complexity index is 636. The van der Waals surface area contributed by atoms with Gasteiger partial charge in [-0.3, -0.25) is 14.5 Å². The molecule has 2 N–H and O–H groups in total. The average Bonchev–Trinajstić information content (AvgIpc) is 3.14. The van der Waals surface area contributed by atoms with Crippen molar-refractivity contribution < 1.29 is 9.59 Å². The predicted octanol–water partition coefficient (Wildman–Crippen LogP) is 1.59. The highest BCUT2D eigenvalue weighted by Crippen LogP contribution is 2.29. The van der Waals surface area contributed by atoms with Gasteiger partial charge >= 0.3 is 0 Å². The Kier molecular flexibility index (Phi) is 6.88. The zero-order valence-corrected chi connectivity index (χ0v) is 16.5. The van der Waals surface area contributed by atoms with Crippen LogP contribution in [0.5, 0.6) is 0 Å². The van der Waals surface area contributed by atoms with Gasteiger partial charge in [0.2, 0.25) is 11.8 Å². The number of piperidine rings is 2. The number of imidazole rings is 1. The van der Waals surface area contributed by atoms with Crippen molar-refractivity contribution in [3.63, 3.8) is 0 Å². The lowest BCUT2D eigenvalue weighted by Gasteiger charge is -2.37. The van der Waals surface area contributed by atoms with E-state index in [1.165, 1.54) is 18.7 Å². The van der Waals surface area contributed by atoms with Gasteiger partial charge in [-0.1, -0.05) is 13.3 Å². The van der Waals surface area contributed by atoms with Gasteiger partial charge in [-0.05, 0) is 38.6 Å². The maximum Gasteiger partial charge on any atom is 0.231 e. The van der Waals surface area contributed by atoms with Crippen LogP contribution in [-0.2, 0) is 16.1 Å². The van der Waals surface area contributed by atoms with E-state index in [1.54, 1.807) is 0 Å². The maximum atomic E-state index is 12.9. The van der Waals surface area contributed by atoms with Gasteiger partial charge in [0.1, 0.15) is 5.82 Å². The molecule has 0 aliphatic carbocycles. The lowest BCUT2D eigenvalue weighted by Crippen LogP contribution is -2.48. The summed E-state index contributed by atoms with van der Waals surface area (Å²) in [5.41, 5.74) is 5.31. The molecule has 2 amide bonds. The number of unbranched alkanes of at least 4 members (excludes halogenated alkanes) is 1. The summed E-state index contributed by atoms with van der Waals surface area (Å²) in [5.74, 6) is 1.56. The summed E-state index contributed by atoms with van der Waals surface area (Å²) in [6, 6.07) is 0. The molecule has 0 radical (unpaired) electrons. The van der Waals surface area contributed by atoms with Crippen LogP contribution in [0.4, 0.5) is 0 Å². The van der Waals surface area contributed by atoms with Crippen LogP contribution in [-0.4, -0.2) is 63.9 Å². The number of nitrogens with two attached hydrogens (primary N) is 1. The quantitative estimate of drug-likeness (QED) is 0.784. The number of hydrogen-bond donors (Lipinski definition) is 1. The monoisotopic (exact) mass is 375 g/mol. The third kappa shape index (κ3) is 5.09. The molecule has 3 heterocycles. The van der Waals surface area contributed by atoms with Gasteiger partial charge in [0.05, 0.1) is 12.5 Å². The normalized spacial score (nSPS) is 22.1. The first kappa shape index (κ1) is 19.9. The molecule has 0 aromatic carbocycles. The topological polar surface area (TPSA) is 84.5 Å². The first-order chi connectivity index (χ1) is 13.1. The summed E-state index contributed by atoms with van der Waals surface area (Å²) in [7, 11) is 0. The number of carbonyl (C=O) groups is 2. The minimum absolute atomic E-state index is 0.00110.